The number of nitrogens with one attached hydrogen (secondary N) is 2. The predicted octanol–water partition coefficient (Wildman–Crippen LogP) is 2.58. The Bertz CT molecular complexity index is 702. The average Bonchev–Trinajstić information content (AvgIpc) is 3.03. The first-order valence-corrected chi connectivity index (χ1v) is 7.73. The van der Waals surface area contributed by atoms with Crippen LogP contribution in [0.2, 0.25) is 0 Å². The van der Waals surface area contributed by atoms with Crippen molar-refractivity contribution in [1.82, 2.24) is 10.3 Å². The summed E-state index contributed by atoms with van der Waals surface area (Å²) in [6, 6.07) is 4.53. The minimum absolute atomic E-state index is 0.145. The van der Waals surface area contributed by atoms with Crippen LogP contribution in [0, 0.1) is 12.7 Å². The molecule has 0 aliphatic heterocycles. The van der Waals surface area contributed by atoms with Gasteiger partial charge in [-0.1, -0.05) is 12.8 Å². The Morgan fingerprint density at radius 2 is 2.14 bits per heavy atom. The number of aromatic nitrogens is 1. The number of fused-ring (bicyclic) bond motifs is 1. The summed E-state index contributed by atoms with van der Waals surface area (Å²) in [7, 11) is 0. The fourth-order valence-corrected chi connectivity index (χ4v) is 3.28. The number of benzene rings is 1. The van der Waals surface area contributed by atoms with Crippen LogP contribution in [0.4, 0.5) is 4.39 Å². The molecule has 1 amide bonds. The zero-order valence-electron chi connectivity index (χ0n) is 12.7. The van der Waals surface area contributed by atoms with Gasteiger partial charge < -0.3 is 15.4 Å². The van der Waals surface area contributed by atoms with Crippen LogP contribution in [-0.4, -0.2) is 28.1 Å². The van der Waals surface area contributed by atoms with Crippen molar-refractivity contribution >= 4 is 16.8 Å². The Kier molecular flexibility index (Phi) is 3.91. The van der Waals surface area contributed by atoms with E-state index >= 15 is 0 Å². The average molecular weight is 304 g/mol. The van der Waals surface area contributed by atoms with E-state index < -0.39 is 5.60 Å². The lowest BCUT2D eigenvalue weighted by Crippen LogP contribution is -2.41. The molecule has 0 radical (unpaired) electrons. The third kappa shape index (κ3) is 2.99. The minimum atomic E-state index is -0.753. The van der Waals surface area contributed by atoms with E-state index in [2.05, 4.69) is 10.3 Å². The molecule has 2 aromatic rings. The van der Waals surface area contributed by atoms with Crippen molar-refractivity contribution in [2.24, 2.45) is 0 Å². The number of halogens is 1. The molecular weight excluding hydrogens is 283 g/mol. The summed E-state index contributed by atoms with van der Waals surface area (Å²) in [6.07, 6.45) is 3.68. The molecule has 0 unspecified atom stereocenters. The van der Waals surface area contributed by atoms with E-state index in [4.69, 9.17) is 0 Å². The third-order valence-corrected chi connectivity index (χ3v) is 4.57. The molecule has 118 valence electrons. The van der Waals surface area contributed by atoms with Crippen molar-refractivity contribution in [3.8, 4) is 0 Å². The van der Waals surface area contributed by atoms with Crippen molar-refractivity contribution in [1.29, 1.82) is 0 Å². The van der Waals surface area contributed by atoms with E-state index in [1.54, 1.807) is 6.07 Å². The van der Waals surface area contributed by atoms with E-state index in [0.717, 1.165) is 47.8 Å². The Hall–Kier alpha value is -1.88. The summed E-state index contributed by atoms with van der Waals surface area (Å²) in [5.41, 5.74) is 1.76. The first-order chi connectivity index (χ1) is 10.5. The van der Waals surface area contributed by atoms with E-state index in [1.807, 2.05) is 6.92 Å². The molecule has 1 aromatic carbocycles. The lowest BCUT2D eigenvalue weighted by molar-refractivity contribution is -0.121. The van der Waals surface area contributed by atoms with Gasteiger partial charge in [-0.3, -0.25) is 4.79 Å². The SMILES string of the molecule is Cc1[nH]c2ccc(F)cc2c1CC(=O)NCC1(O)CCCC1. The van der Waals surface area contributed by atoms with Crippen molar-refractivity contribution in [2.75, 3.05) is 6.54 Å². The molecule has 3 N–H and O–H groups in total. The van der Waals surface area contributed by atoms with Crippen LogP contribution in [0.25, 0.3) is 10.9 Å². The molecule has 1 aliphatic rings. The van der Waals surface area contributed by atoms with Crippen molar-refractivity contribution in [3.05, 3.63) is 35.3 Å². The minimum Gasteiger partial charge on any atom is -0.388 e. The molecule has 22 heavy (non-hydrogen) atoms. The molecule has 1 aliphatic carbocycles. The smallest absolute Gasteiger partial charge is 0.224 e. The van der Waals surface area contributed by atoms with Gasteiger partial charge in [-0.25, -0.2) is 4.39 Å². The van der Waals surface area contributed by atoms with E-state index in [-0.39, 0.29) is 18.1 Å². The highest BCUT2D eigenvalue weighted by Crippen LogP contribution is 2.28. The van der Waals surface area contributed by atoms with Gasteiger partial charge in [0.25, 0.3) is 0 Å². The van der Waals surface area contributed by atoms with E-state index in [9.17, 15) is 14.3 Å². The molecule has 1 saturated carbocycles. The van der Waals surface area contributed by atoms with Crippen molar-refractivity contribution < 1.29 is 14.3 Å². The van der Waals surface area contributed by atoms with Crippen LogP contribution in [0.1, 0.15) is 36.9 Å². The van der Waals surface area contributed by atoms with Gasteiger partial charge in [0.2, 0.25) is 5.91 Å². The molecule has 1 fully saturated rings. The molecule has 1 aromatic heterocycles. The lowest BCUT2D eigenvalue weighted by atomic mass is 10.0. The zero-order valence-corrected chi connectivity index (χ0v) is 12.7. The predicted molar refractivity (Wildman–Crippen MR) is 83.1 cm³/mol. The fraction of sp³-hybridized carbons (Fsp3) is 0.471. The quantitative estimate of drug-likeness (QED) is 0.813. The maximum absolute atomic E-state index is 13.4. The van der Waals surface area contributed by atoms with Crippen LogP contribution in [0.5, 0.6) is 0 Å². The monoisotopic (exact) mass is 304 g/mol. The third-order valence-electron chi connectivity index (χ3n) is 4.57. The lowest BCUT2D eigenvalue weighted by Gasteiger charge is -2.22. The first-order valence-electron chi connectivity index (χ1n) is 7.73. The number of hydrogen-bond donors (Lipinski definition) is 3. The molecular formula is C17H21FN2O2. The number of rotatable bonds is 4. The molecule has 0 bridgehead atoms. The highest BCUT2D eigenvalue weighted by atomic mass is 19.1. The molecule has 0 spiro atoms. The molecule has 4 nitrogen and oxygen atoms in total. The van der Waals surface area contributed by atoms with Crippen LogP contribution in [-0.2, 0) is 11.2 Å². The number of hydrogen-bond acceptors (Lipinski definition) is 2. The number of aliphatic hydroxyl groups is 1. The van der Waals surface area contributed by atoms with Crippen LogP contribution in [0.3, 0.4) is 0 Å². The number of aromatic amines is 1. The largest absolute Gasteiger partial charge is 0.388 e. The number of carbonyl (C=O) groups excluding carboxylic acids is 1. The summed E-state index contributed by atoms with van der Waals surface area (Å²) in [4.78, 5) is 15.3. The Morgan fingerprint density at radius 1 is 1.41 bits per heavy atom. The second-order valence-corrected chi connectivity index (χ2v) is 6.30. The molecule has 0 atom stereocenters. The standard InChI is InChI=1S/C17H21FN2O2/c1-11-13(14-8-12(18)4-5-15(14)20-11)9-16(21)19-10-17(22)6-2-3-7-17/h4-5,8,20,22H,2-3,6-7,9-10H2,1H3,(H,19,21). The van der Waals surface area contributed by atoms with Gasteiger partial charge in [-0.2, -0.15) is 0 Å². The van der Waals surface area contributed by atoms with Gasteiger partial charge >= 0.3 is 0 Å². The number of H-pyrrole nitrogens is 1. The van der Waals surface area contributed by atoms with Crippen molar-refractivity contribution in [3.63, 3.8) is 0 Å². The Morgan fingerprint density at radius 3 is 2.86 bits per heavy atom. The molecule has 0 saturated heterocycles. The first kappa shape index (κ1) is 15.0. The van der Waals surface area contributed by atoms with Crippen LogP contribution in [0.15, 0.2) is 18.2 Å². The highest BCUT2D eigenvalue weighted by Gasteiger charge is 2.31. The van der Waals surface area contributed by atoms with Crippen LogP contribution < -0.4 is 5.32 Å². The van der Waals surface area contributed by atoms with Gasteiger partial charge in [0, 0.05) is 23.1 Å². The van der Waals surface area contributed by atoms with Crippen LogP contribution >= 0.6 is 0 Å². The summed E-state index contributed by atoms with van der Waals surface area (Å²) >= 11 is 0. The molecule has 1 heterocycles. The normalized spacial score (nSPS) is 17.0. The van der Waals surface area contributed by atoms with Gasteiger partial charge in [-0.15, -0.1) is 0 Å². The van der Waals surface area contributed by atoms with Gasteiger partial charge in [0.05, 0.1) is 12.0 Å². The zero-order chi connectivity index (χ0) is 15.7. The summed E-state index contributed by atoms with van der Waals surface area (Å²) in [6.45, 7) is 2.17. The van der Waals surface area contributed by atoms with E-state index in [0.29, 0.717) is 6.54 Å². The fourth-order valence-electron chi connectivity index (χ4n) is 3.28. The number of aryl methyl sites for hydroxylation is 1. The number of amides is 1. The van der Waals surface area contributed by atoms with Crippen molar-refractivity contribution in [2.45, 2.75) is 44.6 Å². The topological polar surface area (TPSA) is 65.1 Å². The highest BCUT2D eigenvalue weighted by molar-refractivity contribution is 5.90. The number of carbonyl (C=O) groups is 1. The Labute approximate surface area is 128 Å². The second kappa shape index (κ2) is 5.72. The summed E-state index contributed by atoms with van der Waals surface area (Å²) in [5.74, 6) is -0.456. The molecule has 5 heteroatoms. The molecule has 3 rings (SSSR count). The van der Waals surface area contributed by atoms with Gasteiger partial charge in [0.1, 0.15) is 5.82 Å². The van der Waals surface area contributed by atoms with Gasteiger partial charge in [0.15, 0.2) is 0 Å². The Balaban J connectivity index is 1.71. The van der Waals surface area contributed by atoms with E-state index in [1.165, 1.54) is 12.1 Å². The van der Waals surface area contributed by atoms with Gasteiger partial charge in [-0.05, 0) is 43.5 Å². The maximum Gasteiger partial charge on any atom is 0.224 e. The maximum atomic E-state index is 13.4. The summed E-state index contributed by atoms with van der Waals surface area (Å²) in [5, 5.41) is 13.8. The summed E-state index contributed by atoms with van der Waals surface area (Å²) < 4.78 is 13.4. The second-order valence-electron chi connectivity index (χ2n) is 6.30.